The maximum Gasteiger partial charge on any atom is 0.259 e. The molecule has 2 aromatic carbocycles. The first-order chi connectivity index (χ1) is 9.40. The first-order valence-corrected chi connectivity index (χ1v) is 7.58. The van der Waals surface area contributed by atoms with Crippen molar-refractivity contribution in [3.05, 3.63) is 56.5 Å². The second-order valence-electron chi connectivity index (χ2n) is 4.55. The number of rotatable bonds is 2. The van der Waals surface area contributed by atoms with Gasteiger partial charge in [0.25, 0.3) is 5.91 Å². The zero-order valence-corrected chi connectivity index (χ0v) is 14.3. The van der Waals surface area contributed by atoms with Gasteiger partial charge in [-0.25, -0.2) is 0 Å². The molecule has 0 aliphatic heterocycles. The number of nitrogens with zero attached hydrogens (tertiary/aromatic N) is 1. The first-order valence-electron chi connectivity index (χ1n) is 5.99. The Morgan fingerprint density at radius 3 is 2.50 bits per heavy atom. The van der Waals surface area contributed by atoms with Crippen LogP contribution in [0.25, 0.3) is 0 Å². The van der Waals surface area contributed by atoms with Crippen molar-refractivity contribution in [2.45, 2.75) is 6.92 Å². The number of hydrogen-bond acceptors (Lipinski definition) is 2. The van der Waals surface area contributed by atoms with Gasteiger partial charge in [0.1, 0.15) is 0 Å². The van der Waals surface area contributed by atoms with Crippen LogP contribution < -0.4 is 10.6 Å². The number of nitrogens with two attached hydrogens (primary N) is 1. The van der Waals surface area contributed by atoms with Crippen LogP contribution in [-0.4, -0.2) is 13.0 Å². The van der Waals surface area contributed by atoms with E-state index in [2.05, 4.69) is 31.9 Å². The van der Waals surface area contributed by atoms with Gasteiger partial charge in [-0.3, -0.25) is 4.79 Å². The first kappa shape index (κ1) is 15.1. The average Bonchev–Trinajstić information content (AvgIpc) is 2.40. The van der Waals surface area contributed by atoms with E-state index in [9.17, 15) is 4.79 Å². The zero-order valence-electron chi connectivity index (χ0n) is 11.2. The Balaban J connectivity index is 2.40. The highest BCUT2D eigenvalue weighted by Gasteiger charge is 2.18. The van der Waals surface area contributed by atoms with Gasteiger partial charge in [-0.2, -0.15) is 0 Å². The van der Waals surface area contributed by atoms with Crippen LogP contribution in [0.5, 0.6) is 0 Å². The number of aryl methyl sites for hydroxylation is 1. The summed E-state index contributed by atoms with van der Waals surface area (Å²) in [7, 11) is 1.72. The smallest absolute Gasteiger partial charge is 0.259 e. The summed E-state index contributed by atoms with van der Waals surface area (Å²) in [6.45, 7) is 1.96. The molecule has 0 saturated carbocycles. The predicted octanol–water partition coefficient (Wildman–Crippen LogP) is 4.38. The Morgan fingerprint density at radius 2 is 1.85 bits per heavy atom. The lowest BCUT2D eigenvalue weighted by atomic mass is 10.1. The van der Waals surface area contributed by atoms with Crippen molar-refractivity contribution in [3.8, 4) is 0 Å². The summed E-state index contributed by atoms with van der Waals surface area (Å²) in [5.74, 6) is -0.102. The van der Waals surface area contributed by atoms with Gasteiger partial charge >= 0.3 is 0 Å². The summed E-state index contributed by atoms with van der Waals surface area (Å²) in [6.07, 6.45) is 0. The number of carbonyl (C=O) groups excluding carboxylic acids is 1. The number of nitrogen functional groups attached to an aromatic ring is 1. The largest absolute Gasteiger partial charge is 0.397 e. The van der Waals surface area contributed by atoms with E-state index in [1.54, 1.807) is 18.0 Å². The molecular formula is C15H14Br2N2O. The summed E-state index contributed by atoms with van der Waals surface area (Å²) in [5, 5.41) is 0. The SMILES string of the molecule is Cc1ccc(Br)c(C(=O)N(C)c2ccc(Br)cc2N)c1. The molecule has 5 heteroatoms. The van der Waals surface area contributed by atoms with E-state index in [1.165, 1.54) is 0 Å². The highest BCUT2D eigenvalue weighted by atomic mass is 79.9. The fraction of sp³-hybridized carbons (Fsp3) is 0.133. The molecule has 0 aliphatic carbocycles. The lowest BCUT2D eigenvalue weighted by Gasteiger charge is -2.20. The van der Waals surface area contributed by atoms with E-state index in [0.29, 0.717) is 16.9 Å². The van der Waals surface area contributed by atoms with Gasteiger partial charge in [-0.15, -0.1) is 0 Å². The molecule has 0 bridgehead atoms. The highest BCUT2D eigenvalue weighted by Crippen LogP contribution is 2.28. The molecule has 0 aromatic heterocycles. The van der Waals surface area contributed by atoms with Crippen molar-refractivity contribution < 1.29 is 4.79 Å². The van der Waals surface area contributed by atoms with Gasteiger partial charge in [-0.1, -0.05) is 27.6 Å². The molecule has 0 fully saturated rings. The number of hydrogen-bond donors (Lipinski definition) is 1. The topological polar surface area (TPSA) is 46.3 Å². The van der Waals surface area contributed by atoms with Crippen LogP contribution in [0.15, 0.2) is 45.3 Å². The maximum absolute atomic E-state index is 12.6. The number of benzene rings is 2. The van der Waals surface area contributed by atoms with Crippen molar-refractivity contribution in [1.82, 2.24) is 0 Å². The fourth-order valence-electron chi connectivity index (χ4n) is 1.92. The maximum atomic E-state index is 12.6. The molecule has 2 rings (SSSR count). The van der Waals surface area contributed by atoms with Gasteiger partial charge < -0.3 is 10.6 Å². The predicted molar refractivity (Wildman–Crippen MR) is 90.2 cm³/mol. The quantitative estimate of drug-likeness (QED) is 0.764. The molecule has 3 nitrogen and oxygen atoms in total. The molecule has 0 aliphatic rings. The van der Waals surface area contributed by atoms with Crippen LogP contribution in [0.1, 0.15) is 15.9 Å². The van der Waals surface area contributed by atoms with Crippen molar-refractivity contribution in [2.75, 3.05) is 17.7 Å². The molecule has 2 N–H and O–H groups in total. The molecule has 0 spiro atoms. The van der Waals surface area contributed by atoms with Crippen molar-refractivity contribution in [2.24, 2.45) is 0 Å². The van der Waals surface area contributed by atoms with Gasteiger partial charge in [0.2, 0.25) is 0 Å². The number of amides is 1. The van der Waals surface area contributed by atoms with Crippen LogP contribution in [0.3, 0.4) is 0 Å². The third-order valence-corrected chi connectivity index (χ3v) is 4.19. The summed E-state index contributed by atoms with van der Waals surface area (Å²) < 4.78 is 1.66. The minimum atomic E-state index is -0.102. The minimum absolute atomic E-state index is 0.102. The van der Waals surface area contributed by atoms with Crippen molar-refractivity contribution in [3.63, 3.8) is 0 Å². The van der Waals surface area contributed by atoms with Crippen LogP contribution in [0, 0.1) is 6.92 Å². The average molecular weight is 398 g/mol. The van der Waals surface area contributed by atoms with Crippen molar-refractivity contribution >= 4 is 49.1 Å². The van der Waals surface area contributed by atoms with Gasteiger partial charge in [0, 0.05) is 16.0 Å². The van der Waals surface area contributed by atoms with Crippen LogP contribution in [0.2, 0.25) is 0 Å². The highest BCUT2D eigenvalue weighted by molar-refractivity contribution is 9.10. The number of carbonyl (C=O) groups is 1. The molecule has 104 valence electrons. The van der Waals surface area contributed by atoms with Gasteiger partial charge in [-0.05, 0) is 53.2 Å². The lowest BCUT2D eigenvalue weighted by Crippen LogP contribution is -2.27. The second-order valence-corrected chi connectivity index (χ2v) is 6.32. The summed E-state index contributed by atoms with van der Waals surface area (Å²) in [5.41, 5.74) is 8.87. The zero-order chi connectivity index (χ0) is 14.9. The summed E-state index contributed by atoms with van der Waals surface area (Å²) >= 11 is 6.77. The van der Waals surface area contributed by atoms with E-state index in [-0.39, 0.29) is 5.91 Å². The molecule has 20 heavy (non-hydrogen) atoms. The number of anilines is 2. The molecule has 0 atom stereocenters. The second kappa shape index (κ2) is 5.97. The third-order valence-electron chi connectivity index (χ3n) is 3.01. The Morgan fingerprint density at radius 1 is 1.15 bits per heavy atom. The summed E-state index contributed by atoms with van der Waals surface area (Å²) in [4.78, 5) is 14.1. The normalized spacial score (nSPS) is 10.4. The molecule has 2 aromatic rings. The molecule has 0 unspecified atom stereocenters. The van der Waals surface area contributed by atoms with E-state index in [1.807, 2.05) is 37.3 Å². The Hall–Kier alpha value is -1.33. The van der Waals surface area contributed by atoms with Gasteiger partial charge in [0.05, 0.1) is 16.9 Å². The fourth-order valence-corrected chi connectivity index (χ4v) is 2.72. The van der Waals surface area contributed by atoms with Crippen LogP contribution in [-0.2, 0) is 0 Å². The third kappa shape index (κ3) is 3.04. The lowest BCUT2D eigenvalue weighted by molar-refractivity contribution is 0.0992. The molecule has 0 radical (unpaired) electrons. The van der Waals surface area contributed by atoms with E-state index in [0.717, 1.165) is 14.5 Å². The van der Waals surface area contributed by atoms with Crippen LogP contribution >= 0.6 is 31.9 Å². The van der Waals surface area contributed by atoms with Gasteiger partial charge in [0.15, 0.2) is 0 Å². The van der Waals surface area contributed by atoms with E-state index < -0.39 is 0 Å². The molecule has 0 heterocycles. The number of halogens is 2. The standard InChI is InChI=1S/C15H14Br2N2O/c1-9-3-5-12(17)11(7-9)15(20)19(2)14-6-4-10(16)8-13(14)18/h3-8H,18H2,1-2H3. The Kier molecular flexibility index (Phi) is 4.50. The Labute approximate surface area is 135 Å². The molecule has 0 saturated heterocycles. The van der Waals surface area contributed by atoms with Crippen molar-refractivity contribution in [1.29, 1.82) is 0 Å². The molecular weight excluding hydrogens is 384 g/mol. The molecule has 1 amide bonds. The van der Waals surface area contributed by atoms with E-state index in [4.69, 9.17) is 5.73 Å². The Bertz CT molecular complexity index is 671. The minimum Gasteiger partial charge on any atom is -0.397 e. The monoisotopic (exact) mass is 396 g/mol. The summed E-state index contributed by atoms with van der Waals surface area (Å²) in [6, 6.07) is 11.2. The van der Waals surface area contributed by atoms with Crippen LogP contribution in [0.4, 0.5) is 11.4 Å². The van der Waals surface area contributed by atoms with E-state index >= 15 is 0 Å².